The fourth-order valence-electron chi connectivity index (χ4n) is 1.16. The van der Waals surface area contributed by atoms with E-state index >= 15 is 0 Å². The molecule has 0 atom stereocenters. The molecule has 5 nitrogen and oxygen atoms in total. The number of esters is 1. The van der Waals surface area contributed by atoms with Crippen molar-refractivity contribution in [2.24, 2.45) is 0 Å². The Balaban J connectivity index is 3.28. The Labute approximate surface area is 105 Å². The molecule has 102 valence electrons. The van der Waals surface area contributed by atoms with Gasteiger partial charge in [0.2, 0.25) is 0 Å². The highest BCUT2D eigenvalue weighted by Crippen LogP contribution is 2.28. The van der Waals surface area contributed by atoms with Gasteiger partial charge in [-0.3, -0.25) is 0 Å². The lowest BCUT2D eigenvalue weighted by Crippen LogP contribution is -2.11. The molecule has 1 N–H and O–H groups in total. The third-order valence-corrected chi connectivity index (χ3v) is 2.02. The van der Waals surface area contributed by atoms with Gasteiger partial charge in [0.1, 0.15) is 5.69 Å². The summed E-state index contributed by atoms with van der Waals surface area (Å²) < 4.78 is 41.6. The van der Waals surface area contributed by atoms with Crippen LogP contribution in [0.2, 0.25) is 0 Å². The number of carbonyl (C=O) groups is 2. The van der Waals surface area contributed by atoms with E-state index < -0.39 is 35.1 Å². The van der Waals surface area contributed by atoms with Crippen LogP contribution < -0.4 is 0 Å². The van der Waals surface area contributed by atoms with Crippen molar-refractivity contribution in [2.75, 3.05) is 7.11 Å². The van der Waals surface area contributed by atoms with Crippen LogP contribution in [0.1, 0.15) is 21.7 Å². The number of carboxylic acid groups (broad SMARTS) is 1. The lowest BCUT2D eigenvalue weighted by molar-refractivity contribution is -0.141. The zero-order valence-corrected chi connectivity index (χ0v) is 9.56. The van der Waals surface area contributed by atoms with E-state index in [1.165, 1.54) is 0 Å². The first-order valence-corrected chi connectivity index (χ1v) is 4.83. The minimum atomic E-state index is -4.70. The third-order valence-electron chi connectivity index (χ3n) is 2.02. The highest BCUT2D eigenvalue weighted by molar-refractivity contribution is 5.94. The number of hydrogen-bond donors (Lipinski definition) is 1. The second-order valence-corrected chi connectivity index (χ2v) is 3.29. The van der Waals surface area contributed by atoms with Crippen LogP contribution in [0.15, 0.2) is 18.2 Å². The summed E-state index contributed by atoms with van der Waals surface area (Å²) in [6.45, 7) is 0. The summed E-state index contributed by atoms with van der Waals surface area (Å²) in [5.74, 6) is -2.29. The monoisotopic (exact) mass is 275 g/mol. The number of aromatic nitrogens is 1. The van der Waals surface area contributed by atoms with Crippen molar-refractivity contribution in [2.45, 2.75) is 6.18 Å². The predicted molar refractivity (Wildman–Crippen MR) is 57.2 cm³/mol. The van der Waals surface area contributed by atoms with Crippen molar-refractivity contribution >= 4 is 18.0 Å². The minimum absolute atomic E-state index is 0.451. The van der Waals surface area contributed by atoms with Gasteiger partial charge in [0.25, 0.3) is 0 Å². The lowest BCUT2D eigenvalue weighted by atomic mass is 10.1. The summed E-state index contributed by atoms with van der Waals surface area (Å²) in [6.07, 6.45) is -3.07. The maximum atomic E-state index is 12.4. The molecule has 0 unspecified atom stereocenters. The molecule has 1 heterocycles. The van der Waals surface area contributed by atoms with Gasteiger partial charge in [-0.05, 0) is 18.2 Å². The maximum Gasteiger partial charge on any atom is 0.433 e. The van der Waals surface area contributed by atoms with Crippen LogP contribution in [0.3, 0.4) is 0 Å². The number of aromatic carboxylic acids is 1. The van der Waals surface area contributed by atoms with Crippen molar-refractivity contribution < 1.29 is 32.6 Å². The van der Waals surface area contributed by atoms with E-state index in [1.807, 2.05) is 0 Å². The van der Waals surface area contributed by atoms with Crippen LogP contribution in [0.5, 0.6) is 0 Å². The predicted octanol–water partition coefficient (Wildman–Crippen LogP) is 1.98. The quantitative estimate of drug-likeness (QED) is 0.674. The summed E-state index contributed by atoms with van der Waals surface area (Å²) >= 11 is 0. The van der Waals surface area contributed by atoms with Crippen LogP contribution in [0.25, 0.3) is 6.08 Å². The number of halogens is 3. The molecule has 1 aromatic heterocycles. The van der Waals surface area contributed by atoms with Crippen molar-refractivity contribution in [3.8, 4) is 0 Å². The summed E-state index contributed by atoms with van der Waals surface area (Å²) in [6, 6.07) is 1.33. The zero-order valence-electron chi connectivity index (χ0n) is 9.56. The zero-order chi connectivity index (χ0) is 14.6. The fraction of sp³-hybridized carbons (Fsp3) is 0.182. The Morgan fingerprint density at radius 3 is 2.47 bits per heavy atom. The molecule has 19 heavy (non-hydrogen) atoms. The highest BCUT2D eigenvalue weighted by Gasteiger charge is 2.33. The van der Waals surface area contributed by atoms with E-state index in [2.05, 4.69) is 9.72 Å². The molecular formula is C11H8F3NO4. The van der Waals surface area contributed by atoms with Crippen LogP contribution in [0, 0.1) is 0 Å². The van der Waals surface area contributed by atoms with Crippen molar-refractivity contribution in [1.82, 2.24) is 4.98 Å². The molecule has 8 heteroatoms. The van der Waals surface area contributed by atoms with Gasteiger partial charge in [0.15, 0.2) is 0 Å². The fourth-order valence-corrected chi connectivity index (χ4v) is 1.16. The largest absolute Gasteiger partial charge is 0.478 e. The molecule has 0 bridgehead atoms. The van der Waals surface area contributed by atoms with E-state index in [-0.39, 0.29) is 0 Å². The van der Waals surface area contributed by atoms with E-state index in [9.17, 15) is 22.8 Å². The van der Waals surface area contributed by atoms with Crippen LogP contribution in [0.4, 0.5) is 13.2 Å². The second kappa shape index (κ2) is 5.51. The number of methoxy groups -OCH3 is 1. The van der Waals surface area contributed by atoms with Gasteiger partial charge in [0.05, 0.1) is 18.4 Å². The van der Waals surface area contributed by atoms with E-state index in [1.54, 1.807) is 0 Å². The Hall–Kier alpha value is -2.38. The molecule has 0 spiro atoms. The Kier molecular flexibility index (Phi) is 4.26. The number of rotatable bonds is 3. The van der Waals surface area contributed by atoms with Gasteiger partial charge in [-0.15, -0.1) is 0 Å². The molecule has 0 saturated carbocycles. The first-order valence-electron chi connectivity index (χ1n) is 4.83. The summed E-state index contributed by atoms with van der Waals surface area (Å²) in [5.41, 5.74) is -2.18. The Bertz CT molecular complexity index is 537. The summed E-state index contributed by atoms with van der Waals surface area (Å²) in [4.78, 5) is 24.8. The molecule has 0 saturated heterocycles. The Morgan fingerprint density at radius 1 is 1.37 bits per heavy atom. The molecule has 0 aliphatic rings. The summed E-state index contributed by atoms with van der Waals surface area (Å²) in [7, 11) is 1.07. The van der Waals surface area contributed by atoms with Crippen molar-refractivity contribution in [3.63, 3.8) is 0 Å². The molecule has 0 fully saturated rings. The molecule has 0 aromatic carbocycles. The SMILES string of the molecule is COC(=O)C=Cc1nc(C(F)(F)F)ccc1C(=O)O. The first-order chi connectivity index (χ1) is 8.75. The molecule has 0 aliphatic heterocycles. The first kappa shape index (κ1) is 14.7. The average molecular weight is 275 g/mol. The molecule has 1 rings (SSSR count). The van der Waals surface area contributed by atoms with Crippen molar-refractivity contribution in [3.05, 3.63) is 35.2 Å². The van der Waals surface area contributed by atoms with Gasteiger partial charge in [-0.1, -0.05) is 0 Å². The number of ether oxygens (including phenoxy) is 1. The number of alkyl halides is 3. The highest BCUT2D eigenvalue weighted by atomic mass is 19.4. The van der Waals surface area contributed by atoms with Gasteiger partial charge >= 0.3 is 18.1 Å². The van der Waals surface area contributed by atoms with E-state index in [0.717, 1.165) is 25.3 Å². The normalized spacial score (nSPS) is 11.6. The number of carboxylic acids is 1. The Morgan fingerprint density at radius 2 is 2.00 bits per heavy atom. The number of carbonyl (C=O) groups excluding carboxylic acids is 1. The molecule has 0 radical (unpaired) electrons. The van der Waals surface area contributed by atoms with Crippen LogP contribution >= 0.6 is 0 Å². The van der Waals surface area contributed by atoms with Gasteiger partial charge in [-0.2, -0.15) is 13.2 Å². The van der Waals surface area contributed by atoms with Crippen LogP contribution in [-0.4, -0.2) is 29.1 Å². The minimum Gasteiger partial charge on any atom is -0.478 e. The number of hydrogen-bond acceptors (Lipinski definition) is 4. The standard InChI is InChI=1S/C11H8F3NO4/c1-19-9(16)5-3-7-6(10(17)18)2-4-8(15-7)11(12,13)14/h2-5H,1H3,(H,17,18). The van der Waals surface area contributed by atoms with E-state index in [0.29, 0.717) is 6.07 Å². The summed E-state index contributed by atoms with van der Waals surface area (Å²) in [5, 5.41) is 8.81. The van der Waals surface area contributed by atoms with Crippen LogP contribution in [-0.2, 0) is 15.7 Å². The lowest BCUT2D eigenvalue weighted by Gasteiger charge is -2.08. The van der Waals surface area contributed by atoms with Gasteiger partial charge < -0.3 is 9.84 Å². The average Bonchev–Trinajstić information content (AvgIpc) is 2.34. The second-order valence-electron chi connectivity index (χ2n) is 3.29. The maximum absolute atomic E-state index is 12.4. The molecule has 1 aromatic rings. The van der Waals surface area contributed by atoms with Gasteiger partial charge in [0, 0.05) is 6.08 Å². The van der Waals surface area contributed by atoms with E-state index in [4.69, 9.17) is 5.11 Å². The molecular weight excluding hydrogens is 267 g/mol. The van der Waals surface area contributed by atoms with Gasteiger partial charge in [-0.25, -0.2) is 14.6 Å². The molecule has 0 amide bonds. The molecule has 0 aliphatic carbocycles. The smallest absolute Gasteiger partial charge is 0.433 e. The topological polar surface area (TPSA) is 76.5 Å². The number of nitrogens with zero attached hydrogens (tertiary/aromatic N) is 1. The third kappa shape index (κ3) is 3.80. The number of pyridine rings is 1. The van der Waals surface area contributed by atoms with Crippen molar-refractivity contribution in [1.29, 1.82) is 0 Å².